The number of piperazine rings is 1. The first-order valence-corrected chi connectivity index (χ1v) is 9.07. The van der Waals surface area contributed by atoms with Crippen LogP contribution in [0.15, 0.2) is 29.3 Å². The standard InChI is InChI=1S/C19H32N4O2.HI/c1-16(2)15-25-14-9-21-19(20-3)23-12-10-22(11-13-23)17-7-5-6-8-18(17)24-4;/h5-8,16H,9-15H2,1-4H3,(H,20,21);1H. The Morgan fingerprint density at radius 3 is 2.50 bits per heavy atom. The Bertz CT molecular complexity index is 546. The third-order valence-corrected chi connectivity index (χ3v) is 4.20. The molecule has 6 nitrogen and oxygen atoms in total. The molecular weight excluding hydrogens is 443 g/mol. The number of ether oxygens (including phenoxy) is 2. The second-order valence-electron chi connectivity index (χ2n) is 6.59. The van der Waals surface area contributed by atoms with Crippen molar-refractivity contribution in [3.05, 3.63) is 24.3 Å². The van der Waals surface area contributed by atoms with E-state index in [2.05, 4.69) is 46.1 Å². The van der Waals surface area contributed by atoms with Gasteiger partial charge >= 0.3 is 0 Å². The molecule has 1 aromatic carbocycles. The van der Waals surface area contributed by atoms with Crippen LogP contribution in [0.3, 0.4) is 0 Å². The van der Waals surface area contributed by atoms with E-state index in [1.807, 2.05) is 19.2 Å². The summed E-state index contributed by atoms with van der Waals surface area (Å²) in [4.78, 5) is 9.08. The van der Waals surface area contributed by atoms with E-state index in [1.165, 1.54) is 0 Å². The molecule has 0 aliphatic carbocycles. The second kappa shape index (κ2) is 12.2. The molecule has 148 valence electrons. The summed E-state index contributed by atoms with van der Waals surface area (Å²) in [6, 6.07) is 8.20. The minimum absolute atomic E-state index is 0. The van der Waals surface area contributed by atoms with Crippen molar-refractivity contribution in [2.75, 3.05) is 65.0 Å². The molecule has 1 heterocycles. The number of hydrogen-bond donors (Lipinski definition) is 1. The molecule has 0 spiro atoms. The van der Waals surface area contributed by atoms with Gasteiger partial charge in [0, 0.05) is 46.4 Å². The third-order valence-electron chi connectivity index (χ3n) is 4.20. The van der Waals surface area contributed by atoms with Gasteiger partial charge in [0.05, 0.1) is 19.4 Å². The van der Waals surface area contributed by atoms with Crippen LogP contribution < -0.4 is 15.0 Å². The van der Waals surface area contributed by atoms with E-state index in [0.717, 1.165) is 56.7 Å². The van der Waals surface area contributed by atoms with Gasteiger partial charge in [-0.3, -0.25) is 4.99 Å². The Morgan fingerprint density at radius 2 is 1.88 bits per heavy atom. The molecule has 0 aromatic heterocycles. The predicted molar refractivity (Wildman–Crippen MR) is 119 cm³/mol. The highest BCUT2D eigenvalue weighted by atomic mass is 127. The van der Waals surface area contributed by atoms with Crippen LogP contribution in [0, 0.1) is 5.92 Å². The van der Waals surface area contributed by atoms with E-state index in [0.29, 0.717) is 12.5 Å². The van der Waals surface area contributed by atoms with Gasteiger partial charge in [-0.1, -0.05) is 26.0 Å². The Morgan fingerprint density at radius 1 is 1.19 bits per heavy atom. The second-order valence-corrected chi connectivity index (χ2v) is 6.59. The van der Waals surface area contributed by atoms with Crippen molar-refractivity contribution >= 4 is 35.6 Å². The van der Waals surface area contributed by atoms with Crippen molar-refractivity contribution in [2.24, 2.45) is 10.9 Å². The Kier molecular flexibility index (Phi) is 10.7. The summed E-state index contributed by atoms with van der Waals surface area (Å²) in [5, 5.41) is 3.40. The van der Waals surface area contributed by atoms with Crippen molar-refractivity contribution in [1.29, 1.82) is 0 Å². The van der Waals surface area contributed by atoms with Crippen molar-refractivity contribution in [1.82, 2.24) is 10.2 Å². The molecule has 0 radical (unpaired) electrons. The number of nitrogens with zero attached hydrogens (tertiary/aromatic N) is 3. The highest BCUT2D eigenvalue weighted by Crippen LogP contribution is 2.28. The maximum absolute atomic E-state index is 5.62. The van der Waals surface area contributed by atoms with Gasteiger partial charge < -0.3 is 24.6 Å². The van der Waals surface area contributed by atoms with Crippen LogP contribution in [0.25, 0.3) is 0 Å². The molecule has 1 saturated heterocycles. The van der Waals surface area contributed by atoms with Crippen LogP contribution in [-0.4, -0.2) is 71.0 Å². The molecule has 7 heteroatoms. The van der Waals surface area contributed by atoms with Crippen LogP contribution in [0.2, 0.25) is 0 Å². The van der Waals surface area contributed by atoms with Gasteiger partial charge in [-0.2, -0.15) is 0 Å². The van der Waals surface area contributed by atoms with Crippen molar-refractivity contribution in [3.8, 4) is 5.75 Å². The number of benzene rings is 1. The van der Waals surface area contributed by atoms with Crippen molar-refractivity contribution in [2.45, 2.75) is 13.8 Å². The smallest absolute Gasteiger partial charge is 0.193 e. The van der Waals surface area contributed by atoms with Gasteiger partial charge in [0.1, 0.15) is 5.75 Å². The molecule has 26 heavy (non-hydrogen) atoms. The number of hydrogen-bond acceptors (Lipinski definition) is 4. The molecule has 1 fully saturated rings. The number of para-hydroxylation sites is 2. The summed E-state index contributed by atoms with van der Waals surface area (Å²) >= 11 is 0. The SMILES string of the molecule is CN=C(NCCOCC(C)C)N1CCN(c2ccccc2OC)CC1.I. The van der Waals surface area contributed by atoms with Crippen LogP contribution >= 0.6 is 24.0 Å². The number of guanidine groups is 1. The average Bonchev–Trinajstić information content (AvgIpc) is 2.64. The van der Waals surface area contributed by atoms with E-state index in [1.54, 1.807) is 7.11 Å². The molecule has 2 rings (SSSR count). The number of rotatable bonds is 7. The van der Waals surface area contributed by atoms with Crippen molar-refractivity contribution in [3.63, 3.8) is 0 Å². The lowest BCUT2D eigenvalue weighted by Gasteiger charge is -2.38. The van der Waals surface area contributed by atoms with Crippen molar-refractivity contribution < 1.29 is 9.47 Å². The van der Waals surface area contributed by atoms with Crippen LogP contribution in [0.5, 0.6) is 5.75 Å². The first-order chi connectivity index (χ1) is 12.2. The van der Waals surface area contributed by atoms with Gasteiger partial charge in [0.2, 0.25) is 0 Å². The summed E-state index contributed by atoms with van der Waals surface area (Å²) in [5.74, 6) is 2.45. The van der Waals surface area contributed by atoms with E-state index in [9.17, 15) is 0 Å². The minimum Gasteiger partial charge on any atom is -0.495 e. The van der Waals surface area contributed by atoms with E-state index < -0.39 is 0 Å². The molecular formula is C19H33IN4O2. The Labute approximate surface area is 175 Å². The number of anilines is 1. The Hall–Kier alpha value is -1.22. The lowest BCUT2D eigenvalue weighted by Crippen LogP contribution is -2.53. The van der Waals surface area contributed by atoms with Gasteiger partial charge in [-0.25, -0.2) is 0 Å². The maximum atomic E-state index is 5.62. The highest BCUT2D eigenvalue weighted by molar-refractivity contribution is 14.0. The van der Waals surface area contributed by atoms with Gasteiger partial charge in [0.15, 0.2) is 5.96 Å². The quantitative estimate of drug-likeness (QED) is 0.284. The molecule has 1 aromatic rings. The highest BCUT2D eigenvalue weighted by Gasteiger charge is 2.21. The van der Waals surface area contributed by atoms with E-state index >= 15 is 0 Å². The molecule has 1 N–H and O–H groups in total. The van der Waals surface area contributed by atoms with Gasteiger partial charge in [0.25, 0.3) is 0 Å². The molecule has 1 aliphatic heterocycles. The zero-order chi connectivity index (χ0) is 18.1. The van der Waals surface area contributed by atoms with Crippen LogP contribution in [0.1, 0.15) is 13.8 Å². The van der Waals surface area contributed by atoms with E-state index in [4.69, 9.17) is 9.47 Å². The molecule has 0 bridgehead atoms. The van der Waals surface area contributed by atoms with Crippen LogP contribution in [-0.2, 0) is 4.74 Å². The molecule has 0 amide bonds. The average molecular weight is 476 g/mol. The summed E-state index contributed by atoms with van der Waals surface area (Å²) in [5.41, 5.74) is 1.16. The monoisotopic (exact) mass is 476 g/mol. The molecule has 0 saturated carbocycles. The lowest BCUT2D eigenvalue weighted by atomic mass is 10.2. The number of halogens is 1. The predicted octanol–water partition coefficient (Wildman–Crippen LogP) is 2.68. The zero-order valence-corrected chi connectivity index (χ0v) is 18.7. The van der Waals surface area contributed by atoms with Gasteiger partial charge in [-0.05, 0) is 18.1 Å². The fraction of sp³-hybridized carbons (Fsp3) is 0.632. The summed E-state index contributed by atoms with van der Waals surface area (Å²) in [7, 11) is 3.56. The fourth-order valence-corrected chi connectivity index (χ4v) is 2.94. The molecule has 0 atom stereocenters. The van der Waals surface area contributed by atoms with Crippen LogP contribution in [0.4, 0.5) is 5.69 Å². The maximum Gasteiger partial charge on any atom is 0.193 e. The third kappa shape index (κ3) is 6.83. The first kappa shape index (κ1) is 22.8. The summed E-state index contributed by atoms with van der Waals surface area (Å²) < 4.78 is 11.1. The topological polar surface area (TPSA) is 49.3 Å². The zero-order valence-electron chi connectivity index (χ0n) is 16.4. The minimum atomic E-state index is 0. The first-order valence-electron chi connectivity index (χ1n) is 9.07. The summed E-state index contributed by atoms with van der Waals surface area (Å²) in [6.45, 7) is 10.4. The summed E-state index contributed by atoms with van der Waals surface area (Å²) in [6.07, 6.45) is 0. The lowest BCUT2D eigenvalue weighted by molar-refractivity contribution is 0.114. The normalized spacial score (nSPS) is 15.0. The largest absolute Gasteiger partial charge is 0.495 e. The number of nitrogens with one attached hydrogen (secondary N) is 1. The Balaban J connectivity index is 0.00000338. The van der Waals surface area contributed by atoms with Gasteiger partial charge in [-0.15, -0.1) is 24.0 Å². The fourth-order valence-electron chi connectivity index (χ4n) is 2.94. The molecule has 0 unspecified atom stereocenters. The number of aliphatic imine (C=N–C) groups is 1. The van der Waals surface area contributed by atoms with E-state index in [-0.39, 0.29) is 24.0 Å². The number of methoxy groups -OCH3 is 1. The molecule has 1 aliphatic rings.